The molecule has 1 aliphatic heterocycles. The number of thiazole rings is 1. The van der Waals surface area contributed by atoms with Gasteiger partial charge in [0.05, 0.1) is 21.2 Å². The van der Waals surface area contributed by atoms with Crippen molar-refractivity contribution >= 4 is 52.0 Å². The van der Waals surface area contributed by atoms with Gasteiger partial charge in [0.1, 0.15) is 11.4 Å². The minimum absolute atomic E-state index is 0.00460. The van der Waals surface area contributed by atoms with Gasteiger partial charge >= 0.3 is 0 Å². The van der Waals surface area contributed by atoms with E-state index in [-0.39, 0.29) is 39.6 Å². The molecule has 35 heavy (non-hydrogen) atoms. The number of piperidine rings is 1. The summed E-state index contributed by atoms with van der Waals surface area (Å²) >= 11 is 13.3. The summed E-state index contributed by atoms with van der Waals surface area (Å²) in [5.74, 6) is 0.317. The lowest BCUT2D eigenvalue weighted by Crippen LogP contribution is -2.37. The molecular formula is C25H25Cl2N3O4S. The number of benzene rings is 2. The molecule has 2 aromatic carbocycles. The number of halogens is 2. The van der Waals surface area contributed by atoms with Gasteiger partial charge in [-0.2, -0.15) is 0 Å². The van der Waals surface area contributed by atoms with E-state index in [9.17, 15) is 14.7 Å². The maximum absolute atomic E-state index is 12.9. The lowest BCUT2D eigenvalue weighted by Gasteiger charge is -2.31. The highest BCUT2D eigenvalue weighted by atomic mass is 35.5. The number of carbonyl (C=O) groups is 2. The highest BCUT2D eigenvalue weighted by Crippen LogP contribution is 2.35. The fraction of sp³-hybridized carbons (Fsp3) is 0.320. The average molecular weight is 534 g/mol. The fourth-order valence-corrected chi connectivity index (χ4v) is 5.33. The van der Waals surface area contributed by atoms with Crippen LogP contribution >= 0.6 is 34.5 Å². The van der Waals surface area contributed by atoms with Crippen molar-refractivity contribution in [2.45, 2.75) is 38.7 Å². The van der Waals surface area contributed by atoms with E-state index in [0.29, 0.717) is 30.0 Å². The minimum atomic E-state index is -0.386. The standard InChI is InChI=1S/C25H25Cl2N3O4S/c1-14(2)34-18-5-3-16(4-6-18)25(33)30-9-7-15(8-10-30)24-29-21(13-35-24)23(32)28-17-11-19(26)22(31)20(27)12-17/h3-6,11-15,31H,7-10H2,1-2H3,(H,28,32). The molecule has 0 saturated carbocycles. The number of phenolic OH excluding ortho intramolecular Hbond substituents is 1. The first kappa shape index (κ1) is 25.3. The summed E-state index contributed by atoms with van der Waals surface area (Å²) in [5, 5.41) is 15.1. The van der Waals surface area contributed by atoms with Crippen LogP contribution in [0.25, 0.3) is 0 Å². The van der Waals surface area contributed by atoms with Gasteiger partial charge < -0.3 is 20.1 Å². The van der Waals surface area contributed by atoms with Crippen molar-refractivity contribution in [3.63, 3.8) is 0 Å². The van der Waals surface area contributed by atoms with Crippen molar-refractivity contribution in [2.75, 3.05) is 18.4 Å². The summed E-state index contributed by atoms with van der Waals surface area (Å²) in [6, 6.07) is 10.1. The lowest BCUT2D eigenvalue weighted by atomic mass is 9.97. The van der Waals surface area contributed by atoms with Crippen molar-refractivity contribution < 1.29 is 19.4 Å². The maximum Gasteiger partial charge on any atom is 0.275 e. The maximum atomic E-state index is 12.9. The molecule has 1 saturated heterocycles. The number of aromatic nitrogens is 1. The van der Waals surface area contributed by atoms with Crippen LogP contribution in [0.5, 0.6) is 11.5 Å². The van der Waals surface area contributed by atoms with Gasteiger partial charge in [0.15, 0.2) is 5.75 Å². The van der Waals surface area contributed by atoms with Gasteiger partial charge in [0, 0.05) is 35.6 Å². The Balaban J connectivity index is 1.33. The molecule has 4 rings (SSSR count). The van der Waals surface area contributed by atoms with Crippen LogP contribution in [0.2, 0.25) is 10.0 Å². The molecule has 184 valence electrons. The van der Waals surface area contributed by atoms with Crippen LogP contribution in [0.3, 0.4) is 0 Å². The Morgan fingerprint density at radius 3 is 2.37 bits per heavy atom. The highest BCUT2D eigenvalue weighted by Gasteiger charge is 2.27. The smallest absolute Gasteiger partial charge is 0.275 e. The van der Waals surface area contributed by atoms with Crippen molar-refractivity contribution in [1.29, 1.82) is 0 Å². The number of amides is 2. The third kappa shape index (κ3) is 6.07. The molecule has 2 heterocycles. The zero-order valence-electron chi connectivity index (χ0n) is 19.3. The Morgan fingerprint density at radius 1 is 1.14 bits per heavy atom. The fourth-order valence-electron chi connectivity index (χ4n) is 3.87. The molecule has 7 nitrogen and oxygen atoms in total. The number of phenols is 1. The number of hydrogen-bond donors (Lipinski definition) is 2. The van der Waals surface area contributed by atoms with Crippen LogP contribution in [0, 0.1) is 0 Å². The number of rotatable bonds is 6. The number of ether oxygens (including phenoxy) is 1. The van der Waals surface area contributed by atoms with Crippen LogP contribution in [0.4, 0.5) is 5.69 Å². The number of aromatic hydroxyl groups is 1. The largest absolute Gasteiger partial charge is 0.505 e. The molecule has 2 amide bonds. The quantitative estimate of drug-likeness (QED) is 0.367. The molecule has 0 spiro atoms. The molecule has 1 aliphatic rings. The van der Waals surface area contributed by atoms with Crippen molar-refractivity contribution in [3.05, 3.63) is 68.1 Å². The molecule has 2 N–H and O–H groups in total. The molecule has 1 fully saturated rings. The van der Waals surface area contributed by atoms with Crippen molar-refractivity contribution in [2.24, 2.45) is 0 Å². The molecule has 0 atom stereocenters. The van der Waals surface area contributed by atoms with Gasteiger partial charge in [0.25, 0.3) is 11.8 Å². The van der Waals surface area contributed by atoms with E-state index >= 15 is 0 Å². The van der Waals surface area contributed by atoms with Crippen LogP contribution < -0.4 is 10.1 Å². The number of hydrogen-bond acceptors (Lipinski definition) is 6. The van der Waals surface area contributed by atoms with Gasteiger partial charge in [-0.25, -0.2) is 4.98 Å². The second-order valence-electron chi connectivity index (χ2n) is 8.57. The van der Waals surface area contributed by atoms with Gasteiger partial charge in [-0.05, 0) is 63.1 Å². The molecule has 0 aliphatic carbocycles. The SMILES string of the molecule is CC(C)Oc1ccc(C(=O)N2CCC(c3nc(C(=O)Nc4cc(Cl)c(O)c(Cl)c4)cs3)CC2)cc1. The van der Waals surface area contributed by atoms with Gasteiger partial charge in [-0.1, -0.05) is 23.2 Å². The molecule has 0 bridgehead atoms. The molecule has 3 aromatic rings. The summed E-state index contributed by atoms with van der Waals surface area (Å²) in [5.41, 5.74) is 1.31. The summed E-state index contributed by atoms with van der Waals surface area (Å²) in [7, 11) is 0. The number of likely N-dealkylation sites (tertiary alicyclic amines) is 1. The minimum Gasteiger partial charge on any atom is -0.505 e. The Morgan fingerprint density at radius 2 is 1.77 bits per heavy atom. The highest BCUT2D eigenvalue weighted by molar-refractivity contribution is 7.10. The third-order valence-electron chi connectivity index (χ3n) is 5.63. The predicted octanol–water partition coefficient (Wildman–Crippen LogP) is 6.21. The van der Waals surface area contributed by atoms with Crippen LogP contribution in [-0.4, -0.2) is 46.0 Å². The van der Waals surface area contributed by atoms with Gasteiger partial charge in [-0.15, -0.1) is 11.3 Å². The summed E-state index contributed by atoms with van der Waals surface area (Å²) in [6.07, 6.45) is 1.63. The molecule has 1 aromatic heterocycles. The van der Waals surface area contributed by atoms with Crippen LogP contribution in [-0.2, 0) is 0 Å². The Bertz CT molecular complexity index is 1200. The molecular weight excluding hydrogens is 509 g/mol. The van der Waals surface area contributed by atoms with E-state index in [1.165, 1.54) is 23.5 Å². The van der Waals surface area contributed by atoms with Crippen molar-refractivity contribution in [1.82, 2.24) is 9.88 Å². The Labute approximate surface area is 217 Å². The number of carbonyl (C=O) groups excluding carboxylic acids is 2. The normalized spacial score (nSPS) is 14.3. The average Bonchev–Trinajstić information content (AvgIpc) is 3.33. The monoisotopic (exact) mass is 533 g/mol. The lowest BCUT2D eigenvalue weighted by molar-refractivity contribution is 0.0713. The zero-order valence-corrected chi connectivity index (χ0v) is 21.6. The summed E-state index contributed by atoms with van der Waals surface area (Å²) in [4.78, 5) is 31.9. The first-order chi connectivity index (χ1) is 16.7. The molecule has 0 unspecified atom stereocenters. The van der Waals surface area contributed by atoms with E-state index in [1.54, 1.807) is 17.5 Å². The molecule has 0 radical (unpaired) electrons. The summed E-state index contributed by atoms with van der Waals surface area (Å²) < 4.78 is 5.64. The first-order valence-electron chi connectivity index (χ1n) is 11.2. The van der Waals surface area contributed by atoms with E-state index in [0.717, 1.165) is 23.6 Å². The third-order valence-corrected chi connectivity index (χ3v) is 7.22. The van der Waals surface area contributed by atoms with E-state index in [1.807, 2.05) is 30.9 Å². The number of anilines is 1. The Hall–Kier alpha value is -2.81. The summed E-state index contributed by atoms with van der Waals surface area (Å²) in [6.45, 7) is 5.17. The van der Waals surface area contributed by atoms with E-state index < -0.39 is 0 Å². The molecule has 10 heteroatoms. The zero-order chi connectivity index (χ0) is 25.1. The number of nitrogens with one attached hydrogen (secondary N) is 1. The first-order valence-corrected chi connectivity index (χ1v) is 12.9. The Kier molecular flexibility index (Phi) is 7.84. The van der Waals surface area contributed by atoms with E-state index in [2.05, 4.69) is 10.3 Å². The van der Waals surface area contributed by atoms with Gasteiger partial charge in [-0.3, -0.25) is 9.59 Å². The van der Waals surface area contributed by atoms with Gasteiger partial charge in [0.2, 0.25) is 0 Å². The van der Waals surface area contributed by atoms with E-state index in [4.69, 9.17) is 27.9 Å². The van der Waals surface area contributed by atoms with Crippen LogP contribution in [0.1, 0.15) is 58.5 Å². The topological polar surface area (TPSA) is 91.8 Å². The van der Waals surface area contributed by atoms with Crippen molar-refractivity contribution in [3.8, 4) is 11.5 Å². The van der Waals surface area contributed by atoms with Crippen LogP contribution in [0.15, 0.2) is 41.8 Å². The second kappa shape index (κ2) is 10.8. The second-order valence-corrected chi connectivity index (χ2v) is 10.3. The number of nitrogens with zero attached hydrogens (tertiary/aromatic N) is 2. The predicted molar refractivity (Wildman–Crippen MR) is 138 cm³/mol.